The van der Waals surface area contributed by atoms with Crippen molar-refractivity contribution in [2.45, 2.75) is 77.3 Å². The molecule has 0 aliphatic carbocycles. The van der Waals surface area contributed by atoms with Gasteiger partial charge in [-0.2, -0.15) is 0 Å². The largest absolute Gasteiger partial charge is 0.423 e. The highest BCUT2D eigenvalue weighted by Crippen LogP contribution is 2.29. The minimum absolute atomic E-state index is 0.0109. The third-order valence-electron chi connectivity index (χ3n) is 7.81. The van der Waals surface area contributed by atoms with Crippen molar-refractivity contribution in [3.05, 3.63) is 46.6 Å². The minimum atomic E-state index is -0.324. The fourth-order valence-electron chi connectivity index (χ4n) is 5.70. The van der Waals surface area contributed by atoms with E-state index in [-0.39, 0.29) is 24.9 Å². The maximum absolute atomic E-state index is 10.1. The molecule has 0 radical (unpaired) electrons. The predicted octanol–water partition coefficient (Wildman–Crippen LogP) is 3.46. The lowest BCUT2D eigenvalue weighted by Crippen LogP contribution is -2.59. The molecule has 2 saturated heterocycles. The molecule has 214 valence electrons. The molecule has 2 fully saturated rings. The fraction of sp³-hybridized carbons (Fsp3) is 0.643. The monoisotopic (exact) mass is 558 g/mol. The summed E-state index contributed by atoms with van der Waals surface area (Å²) < 4.78 is 5.54. The Morgan fingerprint density at radius 2 is 1.90 bits per heavy atom. The summed E-state index contributed by atoms with van der Waals surface area (Å²) in [4.78, 5) is 16.8. The van der Waals surface area contributed by atoms with Gasteiger partial charge in [0.1, 0.15) is 11.9 Å². The average Bonchev–Trinajstić information content (AvgIpc) is 3.38. The van der Waals surface area contributed by atoms with Crippen molar-refractivity contribution in [2.75, 3.05) is 39.3 Å². The van der Waals surface area contributed by atoms with Crippen LogP contribution in [0, 0.1) is 6.92 Å². The first kappa shape index (κ1) is 29.6. The molecule has 2 aliphatic rings. The van der Waals surface area contributed by atoms with E-state index in [2.05, 4.69) is 36.8 Å². The van der Waals surface area contributed by atoms with Gasteiger partial charge in [-0.25, -0.2) is 4.99 Å². The van der Waals surface area contributed by atoms with E-state index in [0.29, 0.717) is 23.9 Å². The first-order valence-corrected chi connectivity index (χ1v) is 14.4. The zero-order chi connectivity index (χ0) is 27.9. The number of amidine groups is 1. The number of aromatic nitrogens is 2. The van der Waals surface area contributed by atoms with Gasteiger partial charge in [0, 0.05) is 56.8 Å². The summed E-state index contributed by atoms with van der Waals surface area (Å²) in [6.45, 7) is 12.6. The molecular weight excluding hydrogens is 516 g/mol. The molecule has 0 spiro atoms. The van der Waals surface area contributed by atoms with Gasteiger partial charge >= 0.3 is 0 Å². The highest BCUT2D eigenvalue weighted by Gasteiger charge is 2.35. The third-order valence-corrected chi connectivity index (χ3v) is 8.06. The van der Waals surface area contributed by atoms with Crippen molar-refractivity contribution in [1.82, 2.24) is 24.9 Å². The standard InChI is InChI=1S/C28H43ClN8O2/c1-5-24-17-36(27(32-20(3)30)16-31-19(2)28-34-33-21(4)39-28)14-15-37(24)25-10-12-35(13-11-25)26(18-38)22-6-8-23(29)9-7-22/h6-9,16,19-20,24-26,38H,5,10-15,17-18,30H2,1-4H3/b31-16?,32-27+/t19?,20?,24?,26-/m0/s1. The number of benzene rings is 1. The van der Waals surface area contributed by atoms with E-state index in [9.17, 15) is 5.11 Å². The van der Waals surface area contributed by atoms with Crippen molar-refractivity contribution in [2.24, 2.45) is 15.7 Å². The number of aryl methyl sites for hydroxylation is 1. The van der Waals surface area contributed by atoms with Gasteiger partial charge < -0.3 is 20.2 Å². The van der Waals surface area contributed by atoms with Gasteiger partial charge in [-0.1, -0.05) is 30.7 Å². The van der Waals surface area contributed by atoms with Gasteiger partial charge in [-0.05, 0) is 50.8 Å². The molecule has 1 aromatic heterocycles. The van der Waals surface area contributed by atoms with E-state index in [1.165, 1.54) is 0 Å². The molecule has 0 saturated carbocycles. The van der Waals surface area contributed by atoms with Crippen LogP contribution in [0.2, 0.25) is 5.02 Å². The average molecular weight is 559 g/mol. The van der Waals surface area contributed by atoms with Crippen molar-refractivity contribution >= 4 is 23.7 Å². The number of aliphatic imine (C=N–C) groups is 2. The lowest BCUT2D eigenvalue weighted by molar-refractivity contribution is 0.0162. The van der Waals surface area contributed by atoms with Crippen LogP contribution in [-0.2, 0) is 0 Å². The Labute approximate surface area is 236 Å². The van der Waals surface area contributed by atoms with Gasteiger partial charge in [-0.15, -0.1) is 10.2 Å². The maximum Gasteiger partial charge on any atom is 0.240 e. The van der Waals surface area contributed by atoms with Crippen LogP contribution in [0.3, 0.4) is 0 Å². The SMILES string of the molecule is CCC1CN(/C(C=NC(C)c2nnc(C)o2)=N/C(C)N)CCN1C1CCN([C@@H](CO)c2ccc(Cl)cc2)CC1. The molecule has 0 amide bonds. The van der Waals surface area contributed by atoms with E-state index in [4.69, 9.17) is 26.7 Å². The van der Waals surface area contributed by atoms with Crippen LogP contribution < -0.4 is 5.73 Å². The van der Waals surface area contributed by atoms with E-state index >= 15 is 0 Å². The molecule has 4 rings (SSSR count). The summed E-state index contributed by atoms with van der Waals surface area (Å²) in [5.41, 5.74) is 7.19. The lowest BCUT2D eigenvalue weighted by Gasteiger charge is -2.48. The summed E-state index contributed by atoms with van der Waals surface area (Å²) in [5, 5.41) is 18.9. The molecule has 2 aromatic rings. The Morgan fingerprint density at radius 3 is 2.49 bits per heavy atom. The first-order chi connectivity index (χ1) is 18.8. The Morgan fingerprint density at radius 1 is 1.18 bits per heavy atom. The van der Waals surface area contributed by atoms with E-state index < -0.39 is 0 Å². The van der Waals surface area contributed by atoms with Crippen LogP contribution in [0.5, 0.6) is 0 Å². The number of likely N-dealkylation sites (tertiary alicyclic amines) is 1. The van der Waals surface area contributed by atoms with Gasteiger partial charge in [0.2, 0.25) is 11.8 Å². The number of aliphatic hydroxyl groups is 1. The second-order valence-electron chi connectivity index (χ2n) is 10.6. The summed E-state index contributed by atoms with van der Waals surface area (Å²) in [6.07, 6.45) is 4.71. The van der Waals surface area contributed by atoms with Crippen molar-refractivity contribution in [3.63, 3.8) is 0 Å². The van der Waals surface area contributed by atoms with E-state index in [0.717, 1.165) is 68.4 Å². The number of piperidine rings is 1. The second-order valence-corrected chi connectivity index (χ2v) is 11.0. The number of piperazine rings is 1. The molecule has 3 N–H and O–H groups in total. The second kappa shape index (κ2) is 13.8. The number of hydrogen-bond acceptors (Lipinski definition) is 9. The molecule has 39 heavy (non-hydrogen) atoms. The van der Waals surface area contributed by atoms with Crippen molar-refractivity contribution in [1.29, 1.82) is 0 Å². The van der Waals surface area contributed by atoms with Crippen molar-refractivity contribution < 1.29 is 9.52 Å². The lowest BCUT2D eigenvalue weighted by atomic mass is 9.96. The molecule has 0 bridgehead atoms. The summed E-state index contributed by atoms with van der Waals surface area (Å²) in [7, 11) is 0. The van der Waals surface area contributed by atoms with Gasteiger partial charge in [0.25, 0.3) is 0 Å². The summed E-state index contributed by atoms with van der Waals surface area (Å²) in [5.74, 6) is 1.82. The van der Waals surface area contributed by atoms with Crippen LogP contribution in [0.1, 0.15) is 69.5 Å². The zero-order valence-electron chi connectivity index (χ0n) is 23.6. The number of rotatable bonds is 9. The number of nitrogens with two attached hydrogens (primary N) is 1. The fourth-order valence-corrected chi connectivity index (χ4v) is 5.82. The maximum atomic E-state index is 10.1. The Balaban J connectivity index is 1.37. The number of hydrogen-bond donors (Lipinski definition) is 2. The van der Waals surface area contributed by atoms with Crippen LogP contribution in [0.4, 0.5) is 0 Å². The van der Waals surface area contributed by atoms with Crippen molar-refractivity contribution in [3.8, 4) is 0 Å². The zero-order valence-corrected chi connectivity index (χ0v) is 24.3. The van der Waals surface area contributed by atoms with Gasteiger partial charge in [0.15, 0.2) is 0 Å². The molecule has 3 heterocycles. The minimum Gasteiger partial charge on any atom is -0.423 e. The molecule has 3 unspecified atom stereocenters. The Kier molecular flexibility index (Phi) is 10.5. The quantitative estimate of drug-likeness (QED) is 0.355. The van der Waals surface area contributed by atoms with E-state index in [1.807, 2.05) is 38.1 Å². The Hall–Kier alpha value is -2.37. The van der Waals surface area contributed by atoms with Crippen LogP contribution in [0.15, 0.2) is 38.7 Å². The smallest absolute Gasteiger partial charge is 0.240 e. The van der Waals surface area contributed by atoms with E-state index in [1.54, 1.807) is 13.1 Å². The number of aliphatic hydroxyl groups excluding tert-OH is 1. The number of nitrogens with zero attached hydrogens (tertiary/aromatic N) is 7. The van der Waals surface area contributed by atoms with Gasteiger partial charge in [0.05, 0.1) is 25.0 Å². The van der Waals surface area contributed by atoms with Gasteiger partial charge in [-0.3, -0.25) is 14.8 Å². The van der Waals surface area contributed by atoms with Crippen LogP contribution >= 0.6 is 11.6 Å². The Bertz CT molecular complexity index is 1100. The molecule has 1 aromatic carbocycles. The summed E-state index contributed by atoms with van der Waals surface area (Å²) >= 11 is 6.08. The summed E-state index contributed by atoms with van der Waals surface area (Å²) in [6, 6.07) is 8.55. The molecule has 4 atom stereocenters. The third kappa shape index (κ3) is 7.64. The predicted molar refractivity (Wildman–Crippen MR) is 155 cm³/mol. The number of halogens is 1. The normalized spacial score (nSPS) is 22.9. The molecule has 10 nitrogen and oxygen atoms in total. The molecule has 2 aliphatic heterocycles. The topological polar surface area (TPSA) is 120 Å². The highest BCUT2D eigenvalue weighted by atomic mass is 35.5. The molecular formula is C28H43ClN8O2. The van der Waals surface area contributed by atoms with Crippen LogP contribution in [0.25, 0.3) is 0 Å². The van der Waals surface area contributed by atoms with Crippen LogP contribution in [-0.4, -0.2) is 99.6 Å². The highest BCUT2D eigenvalue weighted by molar-refractivity contribution is 6.30. The first-order valence-electron chi connectivity index (χ1n) is 14.1. The molecule has 11 heteroatoms.